The summed E-state index contributed by atoms with van der Waals surface area (Å²) in [6.07, 6.45) is -2.96. The van der Waals surface area contributed by atoms with Crippen molar-refractivity contribution in [2.45, 2.75) is 13.1 Å². The van der Waals surface area contributed by atoms with Crippen LogP contribution in [0.1, 0.15) is 27.6 Å². The lowest BCUT2D eigenvalue weighted by atomic mass is 10.0. The first kappa shape index (κ1) is 20.4. The van der Waals surface area contributed by atoms with Crippen molar-refractivity contribution < 1.29 is 22.8 Å². The van der Waals surface area contributed by atoms with Gasteiger partial charge in [-0.3, -0.25) is 14.6 Å². The van der Waals surface area contributed by atoms with Gasteiger partial charge in [-0.2, -0.15) is 13.2 Å². The topological polar surface area (TPSA) is 53.5 Å². The van der Waals surface area contributed by atoms with E-state index in [4.69, 9.17) is 0 Å². The van der Waals surface area contributed by atoms with Crippen molar-refractivity contribution in [3.8, 4) is 11.3 Å². The summed E-state index contributed by atoms with van der Waals surface area (Å²) < 4.78 is 38.1. The van der Waals surface area contributed by atoms with Gasteiger partial charge in [0, 0.05) is 38.0 Å². The molecule has 8 heteroatoms. The van der Waals surface area contributed by atoms with Gasteiger partial charge in [0.05, 0.1) is 11.3 Å². The predicted octanol–water partition coefficient (Wildman–Crippen LogP) is 3.47. The van der Waals surface area contributed by atoms with Gasteiger partial charge in [-0.25, -0.2) is 0 Å². The number of carbonyl (C=O) groups excluding carboxylic acids is 2. The number of pyridine rings is 1. The Bertz CT molecular complexity index is 835. The fourth-order valence-electron chi connectivity index (χ4n) is 2.57. The van der Waals surface area contributed by atoms with Gasteiger partial charge >= 0.3 is 6.18 Å². The third-order valence-corrected chi connectivity index (χ3v) is 3.87. The molecule has 144 valence electrons. The number of benzene rings is 1. The van der Waals surface area contributed by atoms with E-state index in [1.165, 1.54) is 30.2 Å². The molecule has 0 spiro atoms. The molecule has 0 saturated carbocycles. The molecule has 1 aromatic carbocycles. The second kappa shape index (κ2) is 8.20. The fraction of sp³-hybridized carbons (Fsp3) is 0.316. The summed E-state index contributed by atoms with van der Waals surface area (Å²) >= 11 is 0. The van der Waals surface area contributed by atoms with Crippen molar-refractivity contribution >= 4 is 11.8 Å². The van der Waals surface area contributed by atoms with E-state index in [0.29, 0.717) is 16.8 Å². The average molecular weight is 379 g/mol. The summed E-state index contributed by atoms with van der Waals surface area (Å²) in [5.74, 6) is -0.991. The third-order valence-electron chi connectivity index (χ3n) is 3.87. The Labute approximate surface area is 155 Å². The summed E-state index contributed by atoms with van der Waals surface area (Å²) in [6.45, 7) is 0.0944. The van der Waals surface area contributed by atoms with Gasteiger partial charge in [0.25, 0.3) is 11.8 Å². The van der Waals surface area contributed by atoms with Crippen LogP contribution in [0.15, 0.2) is 42.6 Å². The Balaban J connectivity index is 2.42. The van der Waals surface area contributed by atoms with Crippen LogP contribution in [0.2, 0.25) is 0 Å². The number of nitrogens with zero attached hydrogens (tertiary/aromatic N) is 3. The number of halogens is 3. The molecule has 0 atom stereocenters. The van der Waals surface area contributed by atoms with Crippen LogP contribution in [0, 0.1) is 0 Å². The summed E-state index contributed by atoms with van der Waals surface area (Å²) in [5, 5.41) is 0. The van der Waals surface area contributed by atoms with Crippen LogP contribution in [0.3, 0.4) is 0 Å². The predicted molar refractivity (Wildman–Crippen MR) is 95.3 cm³/mol. The van der Waals surface area contributed by atoms with Crippen LogP contribution in [0.25, 0.3) is 11.3 Å². The summed E-state index contributed by atoms with van der Waals surface area (Å²) in [7, 11) is 3.21. The second-order valence-corrected chi connectivity index (χ2v) is 6.11. The zero-order valence-electron chi connectivity index (χ0n) is 15.2. The molecule has 1 aromatic heterocycles. The molecule has 0 N–H and O–H groups in total. The number of amides is 2. The maximum Gasteiger partial charge on any atom is 0.406 e. The van der Waals surface area contributed by atoms with Crippen molar-refractivity contribution in [1.82, 2.24) is 14.8 Å². The first-order valence-corrected chi connectivity index (χ1v) is 8.27. The van der Waals surface area contributed by atoms with Gasteiger partial charge in [0.15, 0.2) is 0 Å². The number of carbonyl (C=O) groups is 2. The number of hydrogen-bond donors (Lipinski definition) is 0. The molecule has 2 amide bonds. The van der Waals surface area contributed by atoms with Crippen LogP contribution in [-0.4, -0.2) is 60.0 Å². The average Bonchev–Trinajstić information content (AvgIpc) is 2.64. The number of rotatable bonds is 5. The second-order valence-electron chi connectivity index (χ2n) is 6.11. The number of aromatic nitrogens is 1. The van der Waals surface area contributed by atoms with E-state index in [1.54, 1.807) is 38.4 Å². The van der Waals surface area contributed by atoms with Crippen molar-refractivity contribution in [2.24, 2.45) is 0 Å². The maximum atomic E-state index is 12.7. The molecule has 2 rings (SSSR count). The van der Waals surface area contributed by atoms with Crippen LogP contribution in [0.5, 0.6) is 0 Å². The highest BCUT2D eigenvalue weighted by atomic mass is 19.4. The van der Waals surface area contributed by atoms with Gasteiger partial charge in [0.2, 0.25) is 0 Å². The van der Waals surface area contributed by atoms with E-state index in [1.807, 2.05) is 0 Å². The fourth-order valence-corrected chi connectivity index (χ4v) is 2.57. The zero-order chi connectivity index (χ0) is 20.2. The van der Waals surface area contributed by atoms with E-state index >= 15 is 0 Å². The lowest BCUT2D eigenvalue weighted by molar-refractivity contribution is -0.140. The standard InChI is InChI=1S/C19H20F3N3O2/c1-4-25(12-19(20,21)22)17(26)14-8-5-7-13(11-14)16-15(9-6-10-23-16)18(27)24(2)3/h5-11H,4,12H2,1-3H3. The smallest absolute Gasteiger partial charge is 0.345 e. The highest BCUT2D eigenvalue weighted by Crippen LogP contribution is 2.24. The van der Waals surface area contributed by atoms with Crippen LogP contribution < -0.4 is 0 Å². The van der Waals surface area contributed by atoms with Gasteiger partial charge in [-0.05, 0) is 31.2 Å². The van der Waals surface area contributed by atoms with Crippen LogP contribution in [-0.2, 0) is 0 Å². The molecule has 0 bridgehead atoms. The Morgan fingerprint density at radius 2 is 1.78 bits per heavy atom. The maximum absolute atomic E-state index is 12.7. The largest absolute Gasteiger partial charge is 0.406 e. The molecular formula is C19H20F3N3O2. The Hall–Kier alpha value is -2.90. The minimum atomic E-state index is -4.48. The zero-order valence-corrected chi connectivity index (χ0v) is 15.2. The van der Waals surface area contributed by atoms with E-state index in [-0.39, 0.29) is 18.0 Å². The molecule has 0 fully saturated rings. The lowest BCUT2D eigenvalue weighted by Gasteiger charge is -2.22. The molecule has 5 nitrogen and oxygen atoms in total. The molecule has 0 radical (unpaired) electrons. The minimum Gasteiger partial charge on any atom is -0.345 e. The minimum absolute atomic E-state index is 0.0729. The molecule has 27 heavy (non-hydrogen) atoms. The van der Waals surface area contributed by atoms with Crippen molar-refractivity contribution in [1.29, 1.82) is 0 Å². The lowest BCUT2D eigenvalue weighted by Crippen LogP contribution is -2.38. The highest BCUT2D eigenvalue weighted by molar-refractivity contribution is 6.00. The van der Waals surface area contributed by atoms with Crippen molar-refractivity contribution in [3.05, 3.63) is 53.7 Å². The van der Waals surface area contributed by atoms with E-state index < -0.39 is 18.6 Å². The molecule has 0 saturated heterocycles. The SMILES string of the molecule is CCN(CC(F)(F)F)C(=O)c1cccc(-c2ncccc2C(=O)N(C)C)c1. The molecule has 0 unspecified atom stereocenters. The van der Waals surface area contributed by atoms with Crippen molar-refractivity contribution in [2.75, 3.05) is 27.2 Å². The molecular weight excluding hydrogens is 359 g/mol. The van der Waals surface area contributed by atoms with Gasteiger partial charge in [-0.15, -0.1) is 0 Å². The summed E-state index contributed by atoms with van der Waals surface area (Å²) in [6, 6.07) is 9.35. The van der Waals surface area contributed by atoms with Crippen molar-refractivity contribution in [3.63, 3.8) is 0 Å². The monoisotopic (exact) mass is 379 g/mol. The highest BCUT2D eigenvalue weighted by Gasteiger charge is 2.32. The molecule has 1 heterocycles. The third kappa shape index (κ3) is 5.06. The molecule has 0 aliphatic carbocycles. The normalized spacial score (nSPS) is 11.2. The van der Waals surface area contributed by atoms with E-state index in [9.17, 15) is 22.8 Å². The molecule has 2 aromatic rings. The quantitative estimate of drug-likeness (QED) is 0.799. The molecule has 0 aliphatic heterocycles. The Kier molecular flexibility index (Phi) is 6.20. The van der Waals surface area contributed by atoms with E-state index in [2.05, 4.69) is 4.98 Å². The Morgan fingerprint density at radius 1 is 1.07 bits per heavy atom. The van der Waals surface area contributed by atoms with Crippen LogP contribution >= 0.6 is 0 Å². The first-order valence-electron chi connectivity index (χ1n) is 8.27. The van der Waals surface area contributed by atoms with E-state index in [0.717, 1.165) is 4.90 Å². The van der Waals surface area contributed by atoms with Gasteiger partial charge in [0.1, 0.15) is 6.54 Å². The van der Waals surface area contributed by atoms with Gasteiger partial charge < -0.3 is 9.80 Å². The Morgan fingerprint density at radius 3 is 2.37 bits per heavy atom. The number of alkyl halides is 3. The van der Waals surface area contributed by atoms with Gasteiger partial charge in [-0.1, -0.05) is 12.1 Å². The molecule has 0 aliphatic rings. The summed E-state index contributed by atoms with van der Waals surface area (Å²) in [4.78, 5) is 31.2. The summed E-state index contributed by atoms with van der Waals surface area (Å²) in [5.41, 5.74) is 1.29. The first-order chi connectivity index (χ1) is 12.6. The number of hydrogen-bond acceptors (Lipinski definition) is 3. The van der Waals surface area contributed by atoms with Crippen LogP contribution in [0.4, 0.5) is 13.2 Å².